The summed E-state index contributed by atoms with van der Waals surface area (Å²) in [5.41, 5.74) is 3.02. The number of carbonyl (C=O) groups excluding carboxylic acids is 1. The molecule has 3 aromatic rings. The minimum Gasteiger partial charge on any atom is -0.495 e. The largest absolute Gasteiger partial charge is 0.513 e. The molecule has 234 valence electrons. The number of rotatable bonds is 10. The molecule has 0 aliphatic carbocycles. The topological polar surface area (TPSA) is 116 Å². The fourth-order valence-corrected chi connectivity index (χ4v) is 5.50. The van der Waals surface area contributed by atoms with Crippen molar-refractivity contribution >= 4 is 17.4 Å². The van der Waals surface area contributed by atoms with Gasteiger partial charge in [-0.05, 0) is 37.3 Å². The molecule has 1 aromatic heterocycles. The Morgan fingerprint density at radius 3 is 2.41 bits per heavy atom. The zero-order valence-electron chi connectivity index (χ0n) is 25.0. The third-order valence-corrected chi connectivity index (χ3v) is 7.51. The second-order valence-corrected chi connectivity index (χ2v) is 10.3. The number of hydrogen-bond donors (Lipinski definition) is 1. The highest BCUT2D eigenvalue weighted by Crippen LogP contribution is 2.45. The van der Waals surface area contributed by atoms with E-state index in [2.05, 4.69) is 30.5 Å². The predicted octanol–water partition coefficient (Wildman–Crippen LogP) is 4.15. The molecule has 2 aliphatic heterocycles. The fraction of sp³-hybridized carbons (Fsp3) is 0.400. The number of anilines is 1. The van der Waals surface area contributed by atoms with Gasteiger partial charge in [0.2, 0.25) is 5.82 Å². The van der Waals surface area contributed by atoms with Crippen molar-refractivity contribution in [3.8, 4) is 11.5 Å². The van der Waals surface area contributed by atoms with Gasteiger partial charge in [0.25, 0.3) is 0 Å². The van der Waals surface area contributed by atoms with Crippen LogP contribution in [-0.4, -0.2) is 84.3 Å². The van der Waals surface area contributed by atoms with E-state index in [1.807, 2.05) is 24.3 Å². The van der Waals surface area contributed by atoms with Gasteiger partial charge in [-0.15, -0.1) is 10.2 Å². The molecule has 44 heavy (non-hydrogen) atoms. The maximum Gasteiger partial charge on any atom is 0.513 e. The number of tetrazole rings is 1. The molecule has 3 heterocycles. The van der Waals surface area contributed by atoms with E-state index >= 15 is 0 Å². The number of ether oxygens (including phenoxy) is 4. The van der Waals surface area contributed by atoms with E-state index in [4.69, 9.17) is 18.9 Å². The summed E-state index contributed by atoms with van der Waals surface area (Å²) in [5.74, 6) is 0.283. The van der Waals surface area contributed by atoms with Gasteiger partial charge in [-0.3, -0.25) is 4.90 Å². The van der Waals surface area contributed by atoms with Crippen LogP contribution in [0.3, 0.4) is 0 Å². The van der Waals surface area contributed by atoms with E-state index in [0.29, 0.717) is 29.1 Å². The van der Waals surface area contributed by atoms with Crippen LogP contribution in [0.25, 0.3) is 5.57 Å². The maximum atomic E-state index is 13.4. The Bertz CT molecular complexity index is 1540. The van der Waals surface area contributed by atoms with Gasteiger partial charge in [-0.25, -0.2) is 4.79 Å². The van der Waals surface area contributed by atoms with Crippen LogP contribution >= 0.6 is 0 Å². The van der Waals surface area contributed by atoms with Gasteiger partial charge < -0.3 is 29.2 Å². The Morgan fingerprint density at radius 2 is 1.73 bits per heavy atom. The van der Waals surface area contributed by atoms with E-state index in [9.17, 15) is 13.6 Å². The van der Waals surface area contributed by atoms with E-state index in [0.717, 1.165) is 37.6 Å². The van der Waals surface area contributed by atoms with Gasteiger partial charge in [-0.1, -0.05) is 30.3 Å². The van der Waals surface area contributed by atoms with Crippen molar-refractivity contribution in [3.63, 3.8) is 0 Å². The first-order valence-corrected chi connectivity index (χ1v) is 14.2. The highest BCUT2D eigenvalue weighted by Gasteiger charge is 2.37. The monoisotopic (exact) mass is 611 g/mol. The molecule has 1 atom stereocenters. The Balaban J connectivity index is 1.27. The number of carbonyl (C=O) groups is 1. The number of dihydropyridines is 1. The molecule has 1 unspecified atom stereocenters. The molecule has 12 nitrogen and oxygen atoms in total. The molecule has 0 bridgehead atoms. The molecule has 0 saturated carbocycles. The first-order valence-electron chi connectivity index (χ1n) is 14.2. The minimum absolute atomic E-state index is 0.0712. The number of allylic oxidation sites excluding steroid dienone is 3. The van der Waals surface area contributed by atoms with Crippen LogP contribution in [0.4, 0.5) is 19.3 Å². The van der Waals surface area contributed by atoms with Gasteiger partial charge >= 0.3 is 12.8 Å². The van der Waals surface area contributed by atoms with Crippen molar-refractivity contribution in [2.45, 2.75) is 26.4 Å². The number of methoxy groups -OCH3 is 1. The number of nitrogens with zero attached hydrogens (tertiary/aromatic N) is 6. The molecule has 2 aromatic carbocycles. The van der Waals surface area contributed by atoms with E-state index in [1.165, 1.54) is 10.9 Å². The molecular weight excluding hydrogens is 576 g/mol. The third kappa shape index (κ3) is 6.91. The van der Waals surface area contributed by atoms with Gasteiger partial charge in [-0.2, -0.15) is 13.6 Å². The van der Waals surface area contributed by atoms with Crippen LogP contribution in [0.2, 0.25) is 0 Å². The van der Waals surface area contributed by atoms with Gasteiger partial charge in [0.05, 0.1) is 31.5 Å². The maximum absolute atomic E-state index is 13.4. The van der Waals surface area contributed by atoms with Crippen molar-refractivity contribution < 1.29 is 32.5 Å². The number of nitrogens with one attached hydrogen (secondary N) is 1. The summed E-state index contributed by atoms with van der Waals surface area (Å²) in [6.07, 6.45) is -0.919. The second kappa shape index (κ2) is 13.7. The third-order valence-electron chi connectivity index (χ3n) is 7.51. The summed E-state index contributed by atoms with van der Waals surface area (Å²) in [4.78, 5) is 18.8. The average molecular weight is 612 g/mol. The lowest BCUT2D eigenvalue weighted by molar-refractivity contribution is -0.0506. The normalized spacial score (nSPS) is 17.5. The predicted molar refractivity (Wildman–Crippen MR) is 157 cm³/mol. The molecule has 1 saturated heterocycles. The van der Waals surface area contributed by atoms with Crippen molar-refractivity contribution in [2.75, 3.05) is 51.3 Å². The van der Waals surface area contributed by atoms with Crippen molar-refractivity contribution in [1.82, 2.24) is 30.4 Å². The summed E-state index contributed by atoms with van der Waals surface area (Å²) in [6.45, 7) is 4.25. The summed E-state index contributed by atoms with van der Waals surface area (Å²) in [7, 11) is 3.27. The number of para-hydroxylation sites is 3. The van der Waals surface area contributed by atoms with E-state index in [1.54, 1.807) is 46.2 Å². The highest BCUT2D eigenvalue weighted by atomic mass is 19.3. The van der Waals surface area contributed by atoms with Crippen LogP contribution in [-0.2, 0) is 16.5 Å². The Morgan fingerprint density at radius 1 is 1.02 bits per heavy atom. The molecule has 2 aliphatic rings. The smallest absolute Gasteiger partial charge is 0.495 e. The van der Waals surface area contributed by atoms with Crippen molar-refractivity contribution in [1.29, 1.82) is 0 Å². The van der Waals surface area contributed by atoms with E-state index < -0.39 is 18.7 Å². The number of benzene rings is 2. The average Bonchev–Trinajstić information content (AvgIpc) is 3.44. The van der Waals surface area contributed by atoms with Gasteiger partial charge in [0.15, 0.2) is 0 Å². The summed E-state index contributed by atoms with van der Waals surface area (Å²) < 4.78 is 48.3. The van der Waals surface area contributed by atoms with Gasteiger partial charge in [0, 0.05) is 49.6 Å². The van der Waals surface area contributed by atoms with Crippen LogP contribution < -0.4 is 19.7 Å². The lowest BCUT2D eigenvalue weighted by Crippen LogP contribution is -2.47. The summed E-state index contributed by atoms with van der Waals surface area (Å²) in [5, 5.41) is 15.6. The Hall–Kier alpha value is -4.72. The lowest BCUT2D eigenvalue weighted by Gasteiger charge is -2.36. The zero-order valence-corrected chi connectivity index (χ0v) is 25.0. The molecule has 0 spiro atoms. The standard InChI is InChI=1S/C30H35F2N7O5/c1-19-25(28-34-36-37(3)35-28)26(21-9-5-7-11-23(21)43-29(31)32)27(20(2)33-19)44-30(40)42-18-17-38-13-15-39(16-14-38)22-10-6-8-12-24(22)41-4/h5-12,26,29,33H,13-18H2,1-4H3. The number of aryl methyl sites for hydroxylation is 1. The van der Waals surface area contributed by atoms with Crippen molar-refractivity contribution in [2.24, 2.45) is 7.05 Å². The van der Waals surface area contributed by atoms with Crippen LogP contribution in [0.1, 0.15) is 31.2 Å². The fourth-order valence-electron chi connectivity index (χ4n) is 5.50. The molecule has 1 N–H and O–H groups in total. The number of piperazine rings is 1. The number of aromatic nitrogens is 4. The van der Waals surface area contributed by atoms with Crippen molar-refractivity contribution in [3.05, 3.63) is 77.1 Å². The lowest BCUT2D eigenvalue weighted by atomic mass is 9.84. The molecule has 0 amide bonds. The number of alkyl halides is 2. The first kappa shape index (κ1) is 30.7. The number of halogens is 2. The summed E-state index contributed by atoms with van der Waals surface area (Å²) >= 11 is 0. The first-order chi connectivity index (χ1) is 21.2. The summed E-state index contributed by atoms with van der Waals surface area (Å²) in [6, 6.07) is 14.2. The zero-order chi connectivity index (χ0) is 31.2. The highest BCUT2D eigenvalue weighted by molar-refractivity contribution is 5.77. The van der Waals surface area contributed by atoms with Crippen LogP contribution in [0.5, 0.6) is 11.5 Å². The van der Waals surface area contributed by atoms with Crippen LogP contribution in [0, 0.1) is 0 Å². The molecular formula is C30H35F2N7O5. The Kier molecular flexibility index (Phi) is 9.58. The molecule has 1 fully saturated rings. The van der Waals surface area contributed by atoms with E-state index in [-0.39, 0.29) is 23.9 Å². The van der Waals surface area contributed by atoms with Gasteiger partial charge in [0.1, 0.15) is 23.9 Å². The molecule has 0 radical (unpaired) electrons. The molecule has 14 heteroatoms. The Labute approximate surface area is 253 Å². The second-order valence-electron chi connectivity index (χ2n) is 10.3. The minimum atomic E-state index is -3.06. The van der Waals surface area contributed by atoms with Crippen LogP contribution in [0.15, 0.2) is 65.7 Å². The quantitative estimate of drug-likeness (QED) is 0.334. The number of hydrogen-bond acceptors (Lipinski definition) is 11. The SMILES string of the molecule is COc1ccccc1N1CCN(CCOC(=O)OC2=C(C)NC(C)=C(c3nnn(C)n3)C2c2ccccc2OC(F)F)CC1. The molecule has 5 rings (SSSR count).